The molecule has 0 atom stereocenters. The van der Waals surface area contributed by atoms with Crippen LogP contribution in [-0.2, 0) is 17.8 Å². The number of methoxy groups -OCH3 is 1. The second-order valence-electron chi connectivity index (χ2n) is 6.96. The molecule has 0 bridgehead atoms. The Kier molecular flexibility index (Phi) is 6.89. The van der Waals surface area contributed by atoms with Gasteiger partial charge in [0.2, 0.25) is 0 Å². The minimum absolute atomic E-state index is 0.0887. The lowest BCUT2D eigenvalue weighted by Gasteiger charge is -2.25. The summed E-state index contributed by atoms with van der Waals surface area (Å²) in [6, 6.07) is 23.7. The van der Waals surface area contributed by atoms with Crippen LogP contribution in [-0.4, -0.2) is 13.0 Å². The van der Waals surface area contributed by atoms with Crippen molar-refractivity contribution in [3.8, 4) is 5.75 Å². The summed E-state index contributed by atoms with van der Waals surface area (Å²) in [4.78, 5) is 15.2. The average Bonchev–Trinajstić information content (AvgIpc) is 2.72. The summed E-state index contributed by atoms with van der Waals surface area (Å²) < 4.78 is 6.10. The molecule has 4 heteroatoms. The van der Waals surface area contributed by atoms with E-state index in [1.807, 2.05) is 73.7 Å². The minimum Gasteiger partial charge on any atom is -0.497 e. The fourth-order valence-electron chi connectivity index (χ4n) is 3.19. The summed E-state index contributed by atoms with van der Waals surface area (Å²) in [7, 11) is 1.64. The van der Waals surface area contributed by atoms with Crippen LogP contribution in [0.2, 0.25) is 0 Å². The number of carbonyl (C=O) groups is 1. The number of ether oxygens (including phenoxy) is 1. The number of benzene rings is 3. The lowest BCUT2D eigenvalue weighted by atomic mass is 10.0. The summed E-state index contributed by atoms with van der Waals surface area (Å²) in [6.45, 7) is 6.59. The van der Waals surface area contributed by atoms with Crippen LogP contribution < -0.4 is 9.64 Å². The molecule has 3 nitrogen and oxygen atoms in total. The van der Waals surface area contributed by atoms with Crippen molar-refractivity contribution in [2.45, 2.75) is 19.9 Å². The first kappa shape index (κ1) is 20.9. The van der Waals surface area contributed by atoms with Gasteiger partial charge in [-0.05, 0) is 58.2 Å². The first-order valence-electron chi connectivity index (χ1n) is 9.40. The molecule has 3 aromatic rings. The van der Waals surface area contributed by atoms with E-state index in [1.165, 1.54) is 5.56 Å². The molecule has 0 heterocycles. The molecular formula is C25H24BrNO2. The van der Waals surface area contributed by atoms with Gasteiger partial charge >= 0.3 is 0 Å². The Morgan fingerprint density at radius 1 is 1.00 bits per heavy atom. The summed E-state index contributed by atoms with van der Waals surface area (Å²) in [5.41, 5.74) is 4.64. The number of halogens is 1. The van der Waals surface area contributed by atoms with Crippen molar-refractivity contribution < 1.29 is 9.53 Å². The highest BCUT2D eigenvalue weighted by molar-refractivity contribution is 9.10. The van der Waals surface area contributed by atoms with Crippen molar-refractivity contribution in [3.63, 3.8) is 0 Å². The molecular weight excluding hydrogens is 426 g/mol. The largest absolute Gasteiger partial charge is 0.497 e. The molecule has 148 valence electrons. The summed E-state index contributed by atoms with van der Waals surface area (Å²) >= 11 is 3.58. The normalized spacial score (nSPS) is 10.4. The van der Waals surface area contributed by atoms with Crippen LogP contribution >= 0.6 is 15.9 Å². The molecule has 29 heavy (non-hydrogen) atoms. The van der Waals surface area contributed by atoms with Gasteiger partial charge in [0.05, 0.1) is 19.3 Å². The van der Waals surface area contributed by atoms with Crippen LogP contribution in [0.3, 0.4) is 0 Å². The lowest BCUT2D eigenvalue weighted by Crippen LogP contribution is -2.32. The van der Waals surface area contributed by atoms with Crippen molar-refractivity contribution in [2.24, 2.45) is 0 Å². The number of anilines is 1. The Morgan fingerprint density at radius 3 is 2.38 bits per heavy atom. The molecule has 3 aromatic carbocycles. The maximum atomic E-state index is 13.4. The zero-order valence-corrected chi connectivity index (χ0v) is 18.3. The van der Waals surface area contributed by atoms with E-state index in [0.717, 1.165) is 27.0 Å². The third kappa shape index (κ3) is 5.36. The van der Waals surface area contributed by atoms with Crippen LogP contribution in [0.5, 0.6) is 5.75 Å². The second-order valence-corrected chi connectivity index (χ2v) is 7.81. The molecule has 0 spiro atoms. The maximum absolute atomic E-state index is 13.4. The lowest BCUT2D eigenvalue weighted by molar-refractivity contribution is -0.115. The summed E-state index contributed by atoms with van der Waals surface area (Å²) in [6.07, 6.45) is 0.518. The highest BCUT2D eigenvalue weighted by Gasteiger charge is 2.21. The standard InChI is InChI=1S/C25H24BrNO2/c1-18-7-6-8-21(15-18)16-19(2)25(28)27(24-10-5-4-9-23(24)26)17-20-11-13-22(29-3)14-12-20/h4-15H,2,16-17H2,1,3H3. The van der Waals surface area contributed by atoms with Gasteiger partial charge in [0.25, 0.3) is 5.91 Å². The van der Waals surface area contributed by atoms with Crippen LogP contribution in [0.1, 0.15) is 16.7 Å². The van der Waals surface area contributed by atoms with Crippen molar-refractivity contribution in [1.82, 2.24) is 0 Å². The van der Waals surface area contributed by atoms with Crippen molar-refractivity contribution in [1.29, 1.82) is 0 Å². The zero-order valence-electron chi connectivity index (χ0n) is 16.7. The Hall–Kier alpha value is -2.85. The number of aryl methyl sites for hydroxylation is 1. The van der Waals surface area contributed by atoms with Crippen LogP contribution in [0, 0.1) is 6.92 Å². The highest BCUT2D eigenvalue weighted by atomic mass is 79.9. The van der Waals surface area contributed by atoms with Gasteiger partial charge in [0.15, 0.2) is 0 Å². The van der Waals surface area contributed by atoms with E-state index >= 15 is 0 Å². The number of nitrogens with zero attached hydrogens (tertiary/aromatic N) is 1. The van der Waals surface area contributed by atoms with Gasteiger partial charge in [-0.25, -0.2) is 0 Å². The number of para-hydroxylation sites is 1. The van der Waals surface area contributed by atoms with Gasteiger partial charge in [-0.15, -0.1) is 0 Å². The van der Waals surface area contributed by atoms with Crippen LogP contribution in [0.25, 0.3) is 0 Å². The molecule has 0 radical (unpaired) electrons. The van der Waals surface area contributed by atoms with Crippen molar-refractivity contribution >= 4 is 27.5 Å². The van der Waals surface area contributed by atoms with Crippen LogP contribution in [0.15, 0.2) is 89.4 Å². The minimum atomic E-state index is -0.0887. The molecule has 0 N–H and O–H groups in total. The molecule has 0 aromatic heterocycles. The zero-order chi connectivity index (χ0) is 20.8. The van der Waals surface area contributed by atoms with E-state index < -0.39 is 0 Å². The van der Waals surface area contributed by atoms with Gasteiger partial charge in [0, 0.05) is 16.5 Å². The first-order valence-corrected chi connectivity index (χ1v) is 10.2. The molecule has 0 aliphatic rings. The fraction of sp³-hybridized carbons (Fsp3) is 0.160. The Labute approximate surface area is 180 Å². The second kappa shape index (κ2) is 9.57. The predicted molar refractivity (Wildman–Crippen MR) is 122 cm³/mol. The van der Waals surface area contributed by atoms with Gasteiger partial charge in [-0.1, -0.05) is 60.7 Å². The maximum Gasteiger partial charge on any atom is 0.254 e. The quantitative estimate of drug-likeness (QED) is 0.407. The van der Waals surface area contributed by atoms with Gasteiger partial charge < -0.3 is 9.64 Å². The van der Waals surface area contributed by atoms with Crippen LogP contribution in [0.4, 0.5) is 5.69 Å². The summed E-state index contributed by atoms with van der Waals surface area (Å²) in [5, 5.41) is 0. The van der Waals surface area contributed by atoms with E-state index in [2.05, 4.69) is 28.6 Å². The topological polar surface area (TPSA) is 29.5 Å². The molecule has 1 amide bonds. The molecule has 3 rings (SSSR count). The van der Waals surface area contributed by atoms with E-state index in [1.54, 1.807) is 12.0 Å². The van der Waals surface area contributed by atoms with E-state index in [4.69, 9.17) is 4.74 Å². The molecule has 0 aliphatic heterocycles. The Bertz CT molecular complexity index is 1010. The molecule has 0 saturated heterocycles. The van der Waals surface area contributed by atoms with E-state index in [0.29, 0.717) is 18.5 Å². The van der Waals surface area contributed by atoms with Crippen molar-refractivity contribution in [2.75, 3.05) is 12.0 Å². The third-order valence-electron chi connectivity index (χ3n) is 4.69. The third-order valence-corrected chi connectivity index (χ3v) is 5.36. The van der Waals surface area contributed by atoms with Gasteiger partial charge in [-0.2, -0.15) is 0 Å². The summed E-state index contributed by atoms with van der Waals surface area (Å²) in [5.74, 6) is 0.700. The van der Waals surface area contributed by atoms with Crippen molar-refractivity contribution in [3.05, 3.63) is 106 Å². The van der Waals surface area contributed by atoms with E-state index in [-0.39, 0.29) is 5.91 Å². The number of carbonyl (C=O) groups excluding carboxylic acids is 1. The first-order chi connectivity index (χ1) is 14.0. The molecule has 0 unspecified atom stereocenters. The van der Waals surface area contributed by atoms with Gasteiger partial charge in [-0.3, -0.25) is 4.79 Å². The highest BCUT2D eigenvalue weighted by Crippen LogP contribution is 2.29. The molecule has 0 aliphatic carbocycles. The number of amides is 1. The molecule has 0 saturated carbocycles. The smallest absolute Gasteiger partial charge is 0.254 e. The average molecular weight is 450 g/mol. The fourth-order valence-corrected chi connectivity index (χ4v) is 3.68. The Balaban J connectivity index is 1.88. The monoisotopic (exact) mass is 449 g/mol. The predicted octanol–water partition coefficient (Wildman–Crippen LogP) is 6.10. The number of rotatable bonds is 7. The number of hydrogen-bond donors (Lipinski definition) is 0. The molecule has 0 fully saturated rings. The SMILES string of the molecule is C=C(Cc1cccc(C)c1)C(=O)N(Cc1ccc(OC)cc1)c1ccccc1Br. The Morgan fingerprint density at radius 2 is 1.72 bits per heavy atom. The number of hydrogen-bond acceptors (Lipinski definition) is 2. The van der Waals surface area contributed by atoms with E-state index in [9.17, 15) is 4.79 Å². The van der Waals surface area contributed by atoms with Gasteiger partial charge in [0.1, 0.15) is 5.75 Å².